The van der Waals surface area contributed by atoms with Crippen LogP contribution in [0.1, 0.15) is 31.2 Å². The highest BCUT2D eigenvalue weighted by Crippen LogP contribution is 2.32. The van der Waals surface area contributed by atoms with Crippen LogP contribution in [0, 0.1) is 11.8 Å². The van der Waals surface area contributed by atoms with Crippen molar-refractivity contribution in [3.8, 4) is 5.75 Å². The van der Waals surface area contributed by atoms with Crippen molar-refractivity contribution < 1.29 is 17.9 Å². The molecule has 2 N–H and O–H groups in total. The minimum absolute atomic E-state index is 0.166. The van der Waals surface area contributed by atoms with Crippen molar-refractivity contribution in [1.82, 2.24) is 0 Å². The molecule has 1 saturated carbocycles. The van der Waals surface area contributed by atoms with Gasteiger partial charge in [0.05, 0.1) is 0 Å². The Morgan fingerprint density at radius 3 is 2.20 bits per heavy atom. The zero-order valence-corrected chi connectivity index (χ0v) is 11.3. The summed E-state index contributed by atoms with van der Waals surface area (Å²) in [6.07, 6.45) is 1.02. The van der Waals surface area contributed by atoms with E-state index in [9.17, 15) is 13.2 Å². The predicted molar refractivity (Wildman–Crippen MR) is 71.3 cm³/mol. The van der Waals surface area contributed by atoms with Crippen LogP contribution in [0.4, 0.5) is 13.2 Å². The van der Waals surface area contributed by atoms with E-state index in [0.29, 0.717) is 18.4 Å². The number of hydrogen-bond donors (Lipinski definition) is 1. The molecule has 1 aromatic carbocycles. The molecule has 1 aromatic rings. The Hall–Kier alpha value is -1.23. The Labute approximate surface area is 117 Å². The summed E-state index contributed by atoms with van der Waals surface area (Å²) >= 11 is 0. The summed E-state index contributed by atoms with van der Waals surface area (Å²) in [6, 6.07) is 6.18. The lowest BCUT2D eigenvalue weighted by atomic mass is 9.76. The highest BCUT2D eigenvalue weighted by molar-refractivity contribution is 5.27. The molecule has 2 unspecified atom stereocenters. The Balaban J connectivity index is 1.96. The van der Waals surface area contributed by atoms with Gasteiger partial charge in [0, 0.05) is 0 Å². The van der Waals surface area contributed by atoms with Crippen molar-refractivity contribution in [3.63, 3.8) is 0 Å². The third kappa shape index (κ3) is 4.40. The number of nitrogens with two attached hydrogens (primary N) is 1. The van der Waals surface area contributed by atoms with Gasteiger partial charge in [0.1, 0.15) is 5.75 Å². The normalized spacial score (nSPS) is 23.6. The molecule has 20 heavy (non-hydrogen) atoms. The molecule has 1 aliphatic carbocycles. The van der Waals surface area contributed by atoms with Crippen LogP contribution < -0.4 is 10.5 Å². The van der Waals surface area contributed by atoms with Crippen LogP contribution in [-0.2, 0) is 6.42 Å². The maximum Gasteiger partial charge on any atom is 0.573 e. The number of halogens is 3. The average molecular weight is 287 g/mol. The molecule has 0 amide bonds. The molecule has 2 rings (SSSR count). The molecule has 2 atom stereocenters. The van der Waals surface area contributed by atoms with Crippen LogP contribution >= 0.6 is 0 Å². The van der Waals surface area contributed by atoms with E-state index in [4.69, 9.17) is 5.73 Å². The second-order valence-electron chi connectivity index (χ2n) is 5.44. The highest BCUT2D eigenvalue weighted by Gasteiger charge is 2.31. The molecule has 0 heterocycles. The molecule has 0 saturated heterocycles. The van der Waals surface area contributed by atoms with Crippen LogP contribution in [0.15, 0.2) is 24.3 Å². The summed E-state index contributed by atoms with van der Waals surface area (Å²) in [6.45, 7) is 0.694. The van der Waals surface area contributed by atoms with E-state index in [0.717, 1.165) is 24.8 Å². The van der Waals surface area contributed by atoms with Gasteiger partial charge in [-0.15, -0.1) is 13.2 Å². The van der Waals surface area contributed by atoms with Crippen LogP contribution in [0.25, 0.3) is 0 Å². The van der Waals surface area contributed by atoms with Crippen LogP contribution in [0.5, 0.6) is 5.75 Å². The summed E-state index contributed by atoms with van der Waals surface area (Å²) in [5.41, 5.74) is 6.84. The van der Waals surface area contributed by atoms with Gasteiger partial charge < -0.3 is 10.5 Å². The fourth-order valence-electron chi connectivity index (χ4n) is 2.99. The van der Waals surface area contributed by atoms with Crippen molar-refractivity contribution in [2.45, 2.75) is 38.5 Å². The smallest absolute Gasteiger partial charge is 0.406 e. The van der Waals surface area contributed by atoms with E-state index in [-0.39, 0.29) is 5.75 Å². The Morgan fingerprint density at radius 2 is 1.65 bits per heavy atom. The fraction of sp³-hybridized carbons (Fsp3) is 0.600. The van der Waals surface area contributed by atoms with Gasteiger partial charge in [-0.3, -0.25) is 0 Å². The maximum absolute atomic E-state index is 12.1. The molecule has 0 spiro atoms. The first-order valence-electron chi connectivity index (χ1n) is 7.02. The average Bonchev–Trinajstić information content (AvgIpc) is 2.40. The van der Waals surface area contributed by atoms with E-state index in [1.54, 1.807) is 12.1 Å². The lowest BCUT2D eigenvalue weighted by Crippen LogP contribution is -2.28. The van der Waals surface area contributed by atoms with Gasteiger partial charge in [0.25, 0.3) is 0 Å². The molecular formula is C15H20F3NO. The standard InChI is InChI=1S/C15H20F3NO/c16-15(17,18)20-14-7-5-11(6-8-14)9-12-3-1-2-4-13(12)10-19/h5-8,12-13H,1-4,9-10,19H2. The van der Waals surface area contributed by atoms with Crippen molar-refractivity contribution >= 4 is 0 Å². The van der Waals surface area contributed by atoms with Gasteiger partial charge in [0.15, 0.2) is 0 Å². The van der Waals surface area contributed by atoms with Crippen molar-refractivity contribution in [1.29, 1.82) is 0 Å². The Kier molecular flexibility index (Phi) is 4.91. The number of benzene rings is 1. The predicted octanol–water partition coefficient (Wildman–Crippen LogP) is 3.89. The van der Waals surface area contributed by atoms with Crippen molar-refractivity contribution in [2.75, 3.05) is 6.54 Å². The van der Waals surface area contributed by atoms with Gasteiger partial charge >= 0.3 is 6.36 Å². The molecule has 1 aliphatic rings. The van der Waals surface area contributed by atoms with Crippen molar-refractivity contribution in [3.05, 3.63) is 29.8 Å². The monoisotopic (exact) mass is 287 g/mol. The molecule has 0 radical (unpaired) electrons. The summed E-state index contributed by atoms with van der Waals surface area (Å²) in [4.78, 5) is 0. The first-order chi connectivity index (χ1) is 9.48. The van der Waals surface area contributed by atoms with Gasteiger partial charge in [-0.2, -0.15) is 0 Å². The van der Waals surface area contributed by atoms with Crippen molar-refractivity contribution in [2.24, 2.45) is 17.6 Å². The van der Waals surface area contributed by atoms with Gasteiger partial charge in [-0.05, 0) is 55.3 Å². The number of ether oxygens (including phenoxy) is 1. The molecule has 112 valence electrons. The molecule has 0 aliphatic heterocycles. The van der Waals surface area contributed by atoms with E-state index in [1.165, 1.54) is 25.0 Å². The third-order valence-corrected chi connectivity index (χ3v) is 4.02. The van der Waals surface area contributed by atoms with E-state index < -0.39 is 6.36 Å². The number of hydrogen-bond acceptors (Lipinski definition) is 2. The summed E-state index contributed by atoms with van der Waals surface area (Å²) in [7, 11) is 0. The minimum Gasteiger partial charge on any atom is -0.406 e. The van der Waals surface area contributed by atoms with E-state index in [1.807, 2.05) is 0 Å². The second kappa shape index (κ2) is 6.48. The maximum atomic E-state index is 12.1. The SMILES string of the molecule is NCC1CCCCC1Cc1ccc(OC(F)(F)F)cc1. The van der Waals surface area contributed by atoms with Crippen LogP contribution in [-0.4, -0.2) is 12.9 Å². The summed E-state index contributed by atoms with van der Waals surface area (Å²) in [5.74, 6) is 0.915. The second-order valence-corrected chi connectivity index (χ2v) is 5.44. The van der Waals surface area contributed by atoms with Gasteiger partial charge in [0.2, 0.25) is 0 Å². The molecule has 5 heteroatoms. The fourth-order valence-corrected chi connectivity index (χ4v) is 2.99. The topological polar surface area (TPSA) is 35.2 Å². The lowest BCUT2D eigenvalue weighted by Gasteiger charge is -2.30. The molecule has 1 fully saturated rings. The quantitative estimate of drug-likeness (QED) is 0.911. The number of alkyl halides is 3. The molecule has 0 bridgehead atoms. The van der Waals surface area contributed by atoms with Crippen LogP contribution in [0.3, 0.4) is 0 Å². The molecular weight excluding hydrogens is 267 g/mol. The minimum atomic E-state index is -4.63. The van der Waals surface area contributed by atoms with E-state index >= 15 is 0 Å². The van der Waals surface area contributed by atoms with Gasteiger partial charge in [-0.1, -0.05) is 25.0 Å². The third-order valence-electron chi connectivity index (χ3n) is 4.02. The molecule has 0 aromatic heterocycles. The lowest BCUT2D eigenvalue weighted by molar-refractivity contribution is -0.274. The zero-order valence-electron chi connectivity index (χ0n) is 11.3. The number of rotatable bonds is 4. The summed E-state index contributed by atoms with van der Waals surface area (Å²) < 4.78 is 40.1. The zero-order chi connectivity index (χ0) is 14.6. The first-order valence-corrected chi connectivity index (χ1v) is 7.02. The summed E-state index contributed by atoms with van der Waals surface area (Å²) in [5, 5.41) is 0. The molecule has 2 nitrogen and oxygen atoms in total. The largest absolute Gasteiger partial charge is 0.573 e. The Bertz CT molecular complexity index is 416. The van der Waals surface area contributed by atoms with Gasteiger partial charge in [-0.25, -0.2) is 0 Å². The first kappa shape index (κ1) is 15.2. The van der Waals surface area contributed by atoms with Crippen LogP contribution in [0.2, 0.25) is 0 Å². The highest BCUT2D eigenvalue weighted by atomic mass is 19.4. The van der Waals surface area contributed by atoms with E-state index in [2.05, 4.69) is 4.74 Å². The Morgan fingerprint density at radius 1 is 1.05 bits per heavy atom.